The van der Waals surface area contributed by atoms with Crippen LogP contribution in [0.25, 0.3) is 0 Å². The maximum Gasteiger partial charge on any atom is 0.326 e. The van der Waals surface area contributed by atoms with Gasteiger partial charge in [0, 0.05) is 13.3 Å². The van der Waals surface area contributed by atoms with Crippen LogP contribution in [-0.4, -0.2) is 46.0 Å². The van der Waals surface area contributed by atoms with Gasteiger partial charge < -0.3 is 20.8 Å². The Kier molecular flexibility index (Phi) is 6.84. The third-order valence-electron chi connectivity index (χ3n) is 3.02. The molecule has 0 aliphatic rings. The lowest BCUT2D eigenvalue weighted by atomic mass is 10.0. The molecule has 0 aliphatic heterocycles. The van der Waals surface area contributed by atoms with E-state index in [2.05, 4.69) is 10.6 Å². The van der Waals surface area contributed by atoms with Gasteiger partial charge in [-0.05, 0) is 17.7 Å². The highest BCUT2D eigenvalue weighted by molar-refractivity contribution is 5.91. The van der Waals surface area contributed by atoms with E-state index in [0.717, 1.165) is 6.92 Å². The molecule has 0 saturated heterocycles. The third-order valence-corrected chi connectivity index (χ3v) is 3.02. The fraction of sp³-hybridized carbons (Fsp3) is 0.333. The number of nitrogens with one attached hydrogen (secondary N) is 2. The molecule has 4 N–H and O–H groups in total. The molecule has 0 bridgehead atoms. The molecule has 1 aromatic rings. The molecule has 0 radical (unpaired) electrons. The van der Waals surface area contributed by atoms with Crippen LogP contribution in [-0.2, 0) is 25.6 Å². The molecule has 8 nitrogen and oxygen atoms in total. The molecule has 0 saturated carbocycles. The van der Waals surface area contributed by atoms with Gasteiger partial charge in [0.15, 0.2) is 0 Å². The number of aliphatic carboxylic acids is 2. The van der Waals surface area contributed by atoms with Gasteiger partial charge in [0.05, 0.1) is 6.42 Å². The summed E-state index contributed by atoms with van der Waals surface area (Å²) in [5, 5.41) is 22.0. The van der Waals surface area contributed by atoms with Crippen molar-refractivity contribution in [1.82, 2.24) is 10.6 Å². The Balaban J connectivity index is 2.89. The summed E-state index contributed by atoms with van der Waals surface area (Å²) < 4.78 is 13.2. The van der Waals surface area contributed by atoms with Crippen molar-refractivity contribution in [2.45, 2.75) is 31.8 Å². The first kappa shape index (κ1) is 19.1. The van der Waals surface area contributed by atoms with Crippen LogP contribution in [0.2, 0.25) is 0 Å². The van der Waals surface area contributed by atoms with Crippen LogP contribution < -0.4 is 10.6 Å². The minimum absolute atomic E-state index is 0.0808. The Morgan fingerprint density at radius 1 is 1.12 bits per heavy atom. The summed E-state index contributed by atoms with van der Waals surface area (Å²) in [6.45, 7) is 1.16. The molecule has 0 spiro atoms. The highest BCUT2D eigenvalue weighted by Crippen LogP contribution is 2.07. The van der Waals surface area contributed by atoms with E-state index in [1.807, 2.05) is 0 Å². The highest BCUT2D eigenvalue weighted by Gasteiger charge is 2.27. The number of carboxylic acids is 2. The van der Waals surface area contributed by atoms with Crippen molar-refractivity contribution in [1.29, 1.82) is 0 Å². The first-order chi connectivity index (χ1) is 11.2. The third kappa shape index (κ3) is 6.42. The molecule has 1 rings (SSSR count). The van der Waals surface area contributed by atoms with Gasteiger partial charge in [-0.2, -0.15) is 0 Å². The number of carboxylic acid groups (broad SMARTS) is 2. The summed E-state index contributed by atoms with van der Waals surface area (Å²) in [5.74, 6) is -4.86. The molecule has 2 atom stereocenters. The van der Waals surface area contributed by atoms with Crippen LogP contribution in [0.15, 0.2) is 24.3 Å². The highest BCUT2D eigenvalue weighted by atomic mass is 19.1. The van der Waals surface area contributed by atoms with Crippen molar-refractivity contribution in [3.63, 3.8) is 0 Å². The minimum Gasteiger partial charge on any atom is -0.481 e. The van der Waals surface area contributed by atoms with Gasteiger partial charge in [-0.25, -0.2) is 9.18 Å². The second kappa shape index (κ2) is 8.61. The topological polar surface area (TPSA) is 133 Å². The number of carbonyl (C=O) groups is 4. The van der Waals surface area contributed by atoms with E-state index in [0.29, 0.717) is 5.56 Å². The van der Waals surface area contributed by atoms with Crippen molar-refractivity contribution < 1.29 is 33.8 Å². The van der Waals surface area contributed by atoms with Gasteiger partial charge in [-0.3, -0.25) is 14.4 Å². The minimum atomic E-state index is -1.64. The molecule has 1 aromatic carbocycles. The molecular formula is C15H17FN2O6. The summed E-state index contributed by atoms with van der Waals surface area (Å²) >= 11 is 0. The molecule has 0 heterocycles. The number of halogens is 1. The van der Waals surface area contributed by atoms with Crippen molar-refractivity contribution in [2.75, 3.05) is 0 Å². The van der Waals surface area contributed by atoms with Gasteiger partial charge in [-0.15, -0.1) is 0 Å². The zero-order valence-electron chi connectivity index (χ0n) is 12.8. The van der Waals surface area contributed by atoms with Gasteiger partial charge >= 0.3 is 11.9 Å². The fourth-order valence-electron chi connectivity index (χ4n) is 2.00. The molecule has 0 fully saturated rings. The lowest BCUT2D eigenvalue weighted by Gasteiger charge is -2.20. The summed E-state index contributed by atoms with van der Waals surface area (Å²) in [5.41, 5.74) is 0.411. The predicted molar refractivity (Wildman–Crippen MR) is 79.5 cm³/mol. The van der Waals surface area contributed by atoms with E-state index < -0.39 is 48.1 Å². The first-order valence-electron chi connectivity index (χ1n) is 6.95. The maximum atomic E-state index is 13.2. The fourth-order valence-corrected chi connectivity index (χ4v) is 2.00. The zero-order chi connectivity index (χ0) is 18.3. The second-order valence-corrected chi connectivity index (χ2v) is 5.08. The first-order valence-corrected chi connectivity index (χ1v) is 6.95. The summed E-state index contributed by atoms with van der Waals surface area (Å²) in [6, 6.07) is 2.55. The Bertz CT molecular complexity index is 649. The summed E-state index contributed by atoms with van der Waals surface area (Å²) in [7, 11) is 0. The van der Waals surface area contributed by atoms with Gasteiger partial charge in [0.2, 0.25) is 11.8 Å². The number of amides is 2. The number of hydrogen-bond donors (Lipinski definition) is 4. The number of carbonyl (C=O) groups excluding carboxylic acids is 2. The predicted octanol–water partition coefficient (Wildman–Crippen LogP) is -0.0830. The number of hydrogen-bond acceptors (Lipinski definition) is 4. The molecule has 9 heteroatoms. The van der Waals surface area contributed by atoms with E-state index >= 15 is 0 Å². The van der Waals surface area contributed by atoms with Crippen molar-refractivity contribution >= 4 is 23.8 Å². The average molecular weight is 340 g/mol. The molecule has 24 heavy (non-hydrogen) atoms. The van der Waals surface area contributed by atoms with Crippen LogP contribution in [0.5, 0.6) is 0 Å². The SMILES string of the molecule is CC(=O)N[C@@H](Cc1cccc(F)c1)C(=O)N[C@H](CC(=O)O)C(=O)O. The van der Waals surface area contributed by atoms with E-state index in [9.17, 15) is 23.6 Å². The molecule has 0 unspecified atom stereocenters. The van der Waals surface area contributed by atoms with Crippen LogP contribution in [0.4, 0.5) is 4.39 Å². The molecular weight excluding hydrogens is 323 g/mol. The van der Waals surface area contributed by atoms with Crippen LogP contribution >= 0.6 is 0 Å². The normalized spacial score (nSPS) is 12.8. The average Bonchev–Trinajstić information content (AvgIpc) is 2.44. The Morgan fingerprint density at radius 2 is 1.79 bits per heavy atom. The van der Waals surface area contributed by atoms with Gasteiger partial charge in [0.1, 0.15) is 17.9 Å². The van der Waals surface area contributed by atoms with E-state index in [-0.39, 0.29) is 6.42 Å². The Labute approximate surface area is 136 Å². The van der Waals surface area contributed by atoms with E-state index in [4.69, 9.17) is 10.2 Å². The van der Waals surface area contributed by atoms with Gasteiger partial charge in [0.25, 0.3) is 0 Å². The Hall–Kier alpha value is -2.97. The van der Waals surface area contributed by atoms with E-state index in [1.54, 1.807) is 0 Å². The van der Waals surface area contributed by atoms with E-state index in [1.165, 1.54) is 24.3 Å². The summed E-state index contributed by atoms with van der Waals surface area (Å²) in [4.78, 5) is 45.1. The van der Waals surface area contributed by atoms with Crippen molar-refractivity contribution in [3.05, 3.63) is 35.6 Å². The molecule has 2 amide bonds. The number of rotatable bonds is 8. The monoisotopic (exact) mass is 340 g/mol. The Morgan fingerprint density at radius 3 is 2.29 bits per heavy atom. The lowest BCUT2D eigenvalue weighted by Crippen LogP contribution is -2.52. The standard InChI is InChI=1S/C15H17FN2O6/c1-8(19)17-11(6-9-3-2-4-10(16)5-9)14(22)18-12(15(23)24)7-13(20)21/h2-5,11-12H,6-7H2,1H3,(H,17,19)(H,18,22)(H,20,21)(H,23,24)/t11-,12+/m0/s1. The zero-order valence-corrected chi connectivity index (χ0v) is 12.8. The van der Waals surface area contributed by atoms with Crippen LogP contribution in [0, 0.1) is 5.82 Å². The molecule has 130 valence electrons. The largest absolute Gasteiger partial charge is 0.481 e. The van der Waals surface area contributed by atoms with Crippen molar-refractivity contribution in [3.8, 4) is 0 Å². The quantitative estimate of drug-likeness (QED) is 0.523. The smallest absolute Gasteiger partial charge is 0.326 e. The van der Waals surface area contributed by atoms with Crippen LogP contribution in [0.1, 0.15) is 18.9 Å². The maximum absolute atomic E-state index is 13.2. The second-order valence-electron chi connectivity index (χ2n) is 5.08. The van der Waals surface area contributed by atoms with Gasteiger partial charge in [-0.1, -0.05) is 12.1 Å². The molecule has 0 aromatic heterocycles. The summed E-state index contributed by atoms with van der Waals surface area (Å²) in [6.07, 6.45) is -0.892. The lowest BCUT2D eigenvalue weighted by molar-refractivity contribution is -0.147. The van der Waals surface area contributed by atoms with Crippen LogP contribution in [0.3, 0.4) is 0 Å². The molecule has 0 aliphatic carbocycles. The number of benzene rings is 1. The van der Waals surface area contributed by atoms with Crippen molar-refractivity contribution in [2.24, 2.45) is 0 Å².